The van der Waals surface area contributed by atoms with Crippen LogP contribution < -0.4 is 0 Å². The first-order valence-corrected chi connectivity index (χ1v) is 0. The Hall–Kier alpha value is 3.47. The van der Waals surface area contributed by atoms with Crippen LogP contribution in [0.5, 0.6) is 0 Å². The topological polar surface area (TPSA) is 0 Å². The Morgan fingerprint density at radius 2 is 0.500 bits per heavy atom. The van der Waals surface area contributed by atoms with E-state index in [0.29, 0.717) is 0 Å². The molecule has 0 nitrogen and oxygen atoms in total. The molecule has 17 valence electrons. The first kappa shape index (κ1) is 26.0. The van der Waals surface area contributed by atoms with Crippen molar-refractivity contribution in [3.63, 3.8) is 0 Å². The van der Waals surface area contributed by atoms with Crippen molar-refractivity contribution >= 4 is 24.4 Å². The minimum atomic E-state index is 0. The van der Waals surface area contributed by atoms with Crippen LogP contribution in [0.1, 0.15) is 0 Å². The van der Waals surface area contributed by atoms with Crippen LogP contribution in [0.25, 0.3) is 0 Å². The van der Waals surface area contributed by atoms with E-state index in [4.69, 9.17) is 0 Å². The van der Waals surface area contributed by atoms with Gasteiger partial charge in [-0.15, -0.1) is 0 Å². The van der Waals surface area contributed by atoms with Gasteiger partial charge in [-0.3, -0.25) is 0 Å². The van der Waals surface area contributed by atoms with Gasteiger partial charge < -0.3 is 0 Å². The summed E-state index contributed by atoms with van der Waals surface area (Å²) in [6, 6.07) is 0. The molecule has 0 spiro atoms. The fourth-order valence-corrected chi connectivity index (χ4v) is 0. The molecule has 0 N–H and O–H groups in total. The van der Waals surface area contributed by atoms with Crippen LogP contribution >= 0.6 is 0 Å². The van der Waals surface area contributed by atoms with E-state index >= 15 is 0 Å². The smallest absolute Gasteiger partial charge is 0 e. The molecule has 0 aliphatic carbocycles. The van der Waals surface area contributed by atoms with Crippen LogP contribution in [-0.4, -0.2) is 24.4 Å². The number of hydrogen-bond acceptors (Lipinski definition) is 0. The maximum Gasteiger partial charge on any atom is 0 e. The van der Waals surface area contributed by atoms with E-state index in [9.17, 15) is 0 Å². The van der Waals surface area contributed by atoms with Crippen molar-refractivity contribution in [1.82, 2.24) is 0 Å². The third-order valence-electron chi connectivity index (χ3n) is 0. The van der Waals surface area contributed by atoms with Gasteiger partial charge >= 0.3 is 0 Å². The Bertz CT molecular complexity index is 3.25. The van der Waals surface area contributed by atoms with E-state index < -0.39 is 0 Å². The fraction of sp³-hybridized carbons (Fsp3) is 0. The summed E-state index contributed by atoms with van der Waals surface area (Å²) < 4.78 is 0. The molecule has 0 aliphatic heterocycles. The molecule has 4 heteroatoms. The molecule has 0 amide bonds. The maximum absolute atomic E-state index is 0. The van der Waals surface area contributed by atoms with Crippen molar-refractivity contribution in [3.05, 3.63) is 0 Å². The van der Waals surface area contributed by atoms with Crippen molar-refractivity contribution < 1.29 is 78.6 Å². The molecule has 0 aromatic rings. The van der Waals surface area contributed by atoms with Crippen LogP contribution in [0.2, 0.25) is 0 Å². The van der Waals surface area contributed by atoms with Gasteiger partial charge in [0, 0.05) is 103 Å². The zero-order chi connectivity index (χ0) is 0. The Balaban J connectivity index is 0. The van der Waals surface area contributed by atoms with Crippen molar-refractivity contribution in [2.75, 3.05) is 0 Å². The van der Waals surface area contributed by atoms with Gasteiger partial charge in [0.15, 0.2) is 0 Å². The Labute approximate surface area is 101 Å². The van der Waals surface area contributed by atoms with E-state index in [1.807, 2.05) is 0 Å². The minimum Gasteiger partial charge on any atom is 0 e. The van der Waals surface area contributed by atoms with Crippen molar-refractivity contribution in [2.45, 2.75) is 0 Å². The van der Waals surface area contributed by atoms with Gasteiger partial charge in [0.25, 0.3) is 0 Å². The third kappa shape index (κ3) is 9.08. The SMILES string of the molecule is [Sb].[Zr].[Zr].[Zr]. The second-order valence-corrected chi connectivity index (χ2v) is 0. The Kier molecular flexibility index (Phi) is 104. The first-order valence-electron chi connectivity index (χ1n) is 0. The van der Waals surface area contributed by atoms with Crippen molar-refractivity contribution in [2.24, 2.45) is 0 Å². The molecule has 0 aromatic carbocycles. The fourth-order valence-electron chi connectivity index (χ4n) is 0. The molecule has 0 fully saturated rings. The summed E-state index contributed by atoms with van der Waals surface area (Å²) in [4.78, 5) is 0. The molecule has 0 heterocycles. The minimum absolute atomic E-state index is 0. The summed E-state index contributed by atoms with van der Waals surface area (Å²) in [6.45, 7) is 0. The van der Waals surface area contributed by atoms with Gasteiger partial charge in [-0.05, 0) is 0 Å². The number of hydrogen-bond donors (Lipinski definition) is 0. The molecule has 0 unspecified atom stereocenters. The summed E-state index contributed by atoms with van der Waals surface area (Å²) in [5.74, 6) is 0. The summed E-state index contributed by atoms with van der Waals surface area (Å²) >= 11 is 0. The zero-order valence-corrected chi connectivity index (χ0v) is 11.9. The monoisotopic (exact) mass is 391 g/mol. The van der Waals surface area contributed by atoms with E-state index in [0.717, 1.165) is 0 Å². The van der Waals surface area contributed by atoms with Crippen LogP contribution in [0.15, 0.2) is 0 Å². The summed E-state index contributed by atoms with van der Waals surface area (Å²) in [5.41, 5.74) is 0. The average Bonchev–Trinajstić information content (AvgIpc) is 0. The van der Waals surface area contributed by atoms with Crippen molar-refractivity contribution in [1.29, 1.82) is 0 Å². The predicted octanol–water partition coefficient (Wildman–Crippen LogP) is -0.388. The molecule has 4 heavy (non-hydrogen) atoms. The molecular weight excluding hydrogens is 395 g/mol. The van der Waals surface area contributed by atoms with Gasteiger partial charge in [-0.25, -0.2) is 0 Å². The van der Waals surface area contributed by atoms with Gasteiger partial charge in [-0.2, -0.15) is 0 Å². The van der Waals surface area contributed by atoms with Gasteiger partial charge in [-0.1, -0.05) is 0 Å². The molecule has 3 radical (unpaired) electrons. The molecule has 0 aromatic heterocycles. The quantitative estimate of drug-likeness (QED) is 0.491. The molecule has 0 saturated heterocycles. The van der Waals surface area contributed by atoms with E-state index in [1.54, 1.807) is 0 Å². The van der Waals surface area contributed by atoms with E-state index in [2.05, 4.69) is 0 Å². The number of rotatable bonds is 0. The van der Waals surface area contributed by atoms with Gasteiger partial charge in [0.1, 0.15) is 0 Å². The zero-order valence-electron chi connectivity index (χ0n) is 1.95. The van der Waals surface area contributed by atoms with Crippen LogP contribution in [0, 0.1) is 0 Å². The van der Waals surface area contributed by atoms with Crippen LogP contribution in [0.4, 0.5) is 0 Å². The summed E-state index contributed by atoms with van der Waals surface area (Å²) in [5, 5.41) is 0. The van der Waals surface area contributed by atoms with Crippen molar-refractivity contribution in [3.8, 4) is 0 Å². The van der Waals surface area contributed by atoms with Gasteiger partial charge in [0.2, 0.25) is 0 Å². The average molecular weight is 395 g/mol. The molecule has 0 atom stereocenters. The molecule has 0 bridgehead atoms. The molecular formula is SbZr3. The molecule has 0 rings (SSSR count). The summed E-state index contributed by atoms with van der Waals surface area (Å²) in [6.07, 6.45) is 0. The van der Waals surface area contributed by atoms with E-state index in [1.165, 1.54) is 0 Å². The Morgan fingerprint density at radius 1 is 0.500 bits per heavy atom. The Morgan fingerprint density at radius 3 is 0.500 bits per heavy atom. The first-order chi connectivity index (χ1) is 0. The second-order valence-electron chi connectivity index (χ2n) is 0. The molecule has 0 aliphatic rings. The van der Waals surface area contributed by atoms with E-state index in [-0.39, 0.29) is 103 Å². The van der Waals surface area contributed by atoms with Crippen LogP contribution in [0.3, 0.4) is 0 Å². The largest absolute Gasteiger partial charge is 0 e. The molecule has 0 saturated carbocycles. The normalized spacial score (nSPS) is 0. The standard InChI is InChI=1S/Sb.3Zr. The third-order valence-corrected chi connectivity index (χ3v) is 0. The van der Waals surface area contributed by atoms with Crippen LogP contribution in [-0.2, 0) is 78.6 Å². The van der Waals surface area contributed by atoms with Gasteiger partial charge in [0.05, 0.1) is 0 Å². The maximum atomic E-state index is 0. The second kappa shape index (κ2) is 16.1. The predicted molar refractivity (Wildman–Crippen MR) is 5.75 cm³/mol. The summed E-state index contributed by atoms with van der Waals surface area (Å²) in [7, 11) is 0.